The smallest absolute Gasteiger partial charge is 0.414 e. The number of nitrogens with zero attached hydrogens (tertiary/aromatic N) is 3. The van der Waals surface area contributed by atoms with Crippen LogP contribution in [0.15, 0.2) is 18.2 Å². The van der Waals surface area contributed by atoms with Gasteiger partial charge in [0, 0.05) is 25.0 Å². The van der Waals surface area contributed by atoms with Gasteiger partial charge in [-0.05, 0) is 83.0 Å². The van der Waals surface area contributed by atoms with Crippen LogP contribution in [0, 0.1) is 5.92 Å². The summed E-state index contributed by atoms with van der Waals surface area (Å²) in [5, 5.41) is 0. The first kappa shape index (κ1) is 23.1. The minimum atomic E-state index is -0.329. The Labute approximate surface area is 192 Å². The van der Waals surface area contributed by atoms with Gasteiger partial charge in [-0.3, -0.25) is 9.69 Å². The van der Waals surface area contributed by atoms with E-state index in [0.29, 0.717) is 12.5 Å². The second-order valence-electron chi connectivity index (χ2n) is 10.0. The molecule has 0 spiro atoms. The van der Waals surface area contributed by atoms with E-state index >= 15 is 0 Å². The molecule has 2 aliphatic carbocycles. The summed E-state index contributed by atoms with van der Waals surface area (Å²) < 4.78 is 5.57. The molecule has 2 atom stereocenters. The van der Waals surface area contributed by atoms with Crippen molar-refractivity contribution in [3.8, 4) is 0 Å². The maximum Gasteiger partial charge on any atom is 0.414 e. The Kier molecular flexibility index (Phi) is 6.80. The molecule has 1 aromatic carbocycles. The van der Waals surface area contributed by atoms with Gasteiger partial charge in [-0.25, -0.2) is 4.79 Å². The van der Waals surface area contributed by atoms with E-state index in [1.807, 2.05) is 25.7 Å². The Hall–Kier alpha value is -2.08. The predicted molar refractivity (Wildman–Crippen MR) is 128 cm³/mol. The molecule has 0 N–H and O–H groups in total. The Morgan fingerprint density at radius 1 is 1.12 bits per heavy atom. The Balaban J connectivity index is 1.68. The molecule has 1 heterocycles. The highest BCUT2D eigenvalue weighted by molar-refractivity contribution is 6.04. The molecule has 2 fully saturated rings. The van der Waals surface area contributed by atoms with E-state index in [1.54, 1.807) is 4.90 Å². The Morgan fingerprint density at radius 2 is 1.84 bits per heavy atom. The monoisotopic (exact) mass is 441 g/mol. The SMILES string of the molecule is CCC(CN(CC)C1CC1)c1ccc2c(c1)N(C(=O)OC(C)C)C[C@H](C)N2C(=O)C1CC1. The van der Waals surface area contributed by atoms with Gasteiger partial charge in [0.2, 0.25) is 5.91 Å². The lowest BCUT2D eigenvalue weighted by atomic mass is 9.93. The fourth-order valence-corrected chi connectivity index (χ4v) is 4.93. The number of hydrogen-bond acceptors (Lipinski definition) is 4. The number of carbonyl (C=O) groups excluding carboxylic acids is 2. The molecule has 0 saturated heterocycles. The van der Waals surface area contributed by atoms with Crippen LogP contribution in [-0.4, -0.2) is 54.7 Å². The largest absolute Gasteiger partial charge is 0.446 e. The third-order valence-electron chi connectivity index (χ3n) is 7.05. The van der Waals surface area contributed by atoms with Crippen LogP contribution < -0.4 is 9.80 Å². The van der Waals surface area contributed by atoms with E-state index in [-0.39, 0.29) is 30.1 Å². The van der Waals surface area contributed by atoms with Gasteiger partial charge < -0.3 is 14.5 Å². The van der Waals surface area contributed by atoms with Crippen molar-refractivity contribution in [2.24, 2.45) is 5.92 Å². The van der Waals surface area contributed by atoms with Crippen molar-refractivity contribution < 1.29 is 14.3 Å². The van der Waals surface area contributed by atoms with Gasteiger partial charge >= 0.3 is 6.09 Å². The number of likely N-dealkylation sites (N-methyl/N-ethyl adjacent to an activating group) is 1. The number of anilines is 2. The maximum atomic E-state index is 13.1. The lowest BCUT2D eigenvalue weighted by Gasteiger charge is -2.41. The molecule has 0 radical (unpaired) electrons. The van der Waals surface area contributed by atoms with E-state index in [1.165, 1.54) is 18.4 Å². The number of carbonyl (C=O) groups is 2. The van der Waals surface area contributed by atoms with Crippen molar-refractivity contribution in [2.75, 3.05) is 29.4 Å². The summed E-state index contributed by atoms with van der Waals surface area (Å²) >= 11 is 0. The first-order chi connectivity index (χ1) is 15.3. The summed E-state index contributed by atoms with van der Waals surface area (Å²) in [6.07, 6.45) is 5.08. The van der Waals surface area contributed by atoms with Crippen LogP contribution in [0.1, 0.15) is 78.2 Å². The van der Waals surface area contributed by atoms with E-state index in [9.17, 15) is 9.59 Å². The highest BCUT2D eigenvalue weighted by Gasteiger charge is 2.41. The first-order valence-electron chi connectivity index (χ1n) is 12.5. The maximum absolute atomic E-state index is 13.1. The predicted octanol–water partition coefficient (Wildman–Crippen LogP) is 5.16. The zero-order chi connectivity index (χ0) is 23.0. The number of benzene rings is 1. The average Bonchev–Trinajstić information content (AvgIpc) is 3.66. The van der Waals surface area contributed by atoms with Crippen molar-refractivity contribution in [2.45, 2.75) is 90.8 Å². The van der Waals surface area contributed by atoms with Crippen LogP contribution in [-0.2, 0) is 9.53 Å². The molecule has 0 bridgehead atoms. The Bertz CT molecular complexity index is 847. The van der Waals surface area contributed by atoms with Gasteiger partial charge in [-0.1, -0.05) is 19.9 Å². The normalized spacial score (nSPS) is 21.7. The van der Waals surface area contributed by atoms with Crippen LogP contribution in [0.5, 0.6) is 0 Å². The van der Waals surface area contributed by atoms with E-state index < -0.39 is 0 Å². The molecule has 6 nitrogen and oxygen atoms in total. The number of amides is 2. The highest BCUT2D eigenvalue weighted by atomic mass is 16.6. The molecule has 3 aliphatic rings. The van der Waals surface area contributed by atoms with Crippen LogP contribution >= 0.6 is 0 Å². The summed E-state index contributed by atoms with van der Waals surface area (Å²) in [6.45, 7) is 12.8. The molecule has 1 aromatic rings. The molecule has 32 heavy (non-hydrogen) atoms. The molecule has 1 unspecified atom stereocenters. The first-order valence-corrected chi connectivity index (χ1v) is 12.5. The lowest BCUT2D eigenvalue weighted by Crippen LogP contribution is -2.52. The van der Waals surface area contributed by atoms with Gasteiger partial charge in [-0.2, -0.15) is 0 Å². The van der Waals surface area contributed by atoms with Gasteiger partial charge in [0.15, 0.2) is 0 Å². The van der Waals surface area contributed by atoms with Crippen LogP contribution in [0.2, 0.25) is 0 Å². The van der Waals surface area contributed by atoms with Crippen LogP contribution in [0.25, 0.3) is 0 Å². The number of ether oxygens (including phenoxy) is 1. The topological polar surface area (TPSA) is 53.1 Å². The minimum Gasteiger partial charge on any atom is -0.446 e. The molecule has 2 saturated carbocycles. The van der Waals surface area contributed by atoms with E-state index in [0.717, 1.165) is 49.8 Å². The summed E-state index contributed by atoms with van der Waals surface area (Å²) in [5.41, 5.74) is 2.89. The quantitative estimate of drug-likeness (QED) is 0.559. The van der Waals surface area contributed by atoms with E-state index in [4.69, 9.17) is 4.74 Å². The van der Waals surface area contributed by atoms with Crippen molar-refractivity contribution in [1.29, 1.82) is 0 Å². The van der Waals surface area contributed by atoms with Gasteiger partial charge in [0.05, 0.1) is 23.5 Å². The third-order valence-corrected chi connectivity index (χ3v) is 7.05. The molecule has 1 aliphatic heterocycles. The summed E-state index contributed by atoms with van der Waals surface area (Å²) in [4.78, 5) is 32.4. The summed E-state index contributed by atoms with van der Waals surface area (Å²) in [7, 11) is 0. The molecule has 176 valence electrons. The third kappa shape index (κ3) is 4.80. The second kappa shape index (κ2) is 9.42. The zero-order valence-corrected chi connectivity index (χ0v) is 20.3. The van der Waals surface area contributed by atoms with Gasteiger partial charge in [0.1, 0.15) is 0 Å². The average molecular weight is 442 g/mol. The van der Waals surface area contributed by atoms with Gasteiger partial charge in [-0.15, -0.1) is 0 Å². The van der Waals surface area contributed by atoms with Crippen molar-refractivity contribution >= 4 is 23.4 Å². The number of hydrogen-bond donors (Lipinski definition) is 0. The Morgan fingerprint density at radius 3 is 2.41 bits per heavy atom. The molecule has 4 rings (SSSR count). The minimum absolute atomic E-state index is 0.0754. The fourth-order valence-electron chi connectivity index (χ4n) is 4.93. The molecule has 0 aromatic heterocycles. The van der Waals surface area contributed by atoms with Crippen molar-refractivity contribution in [3.05, 3.63) is 23.8 Å². The van der Waals surface area contributed by atoms with Crippen LogP contribution in [0.4, 0.5) is 16.2 Å². The van der Waals surface area contributed by atoms with E-state index in [2.05, 4.69) is 36.9 Å². The number of fused-ring (bicyclic) bond motifs is 1. The second-order valence-corrected chi connectivity index (χ2v) is 10.0. The van der Waals surface area contributed by atoms with Gasteiger partial charge in [0.25, 0.3) is 0 Å². The number of rotatable bonds is 8. The standard InChI is InChI=1S/C26H39N3O3/c1-6-19(16-27(7-2)22-11-12-22)21-10-13-23-24(14-21)28(26(31)32-17(3)4)15-18(5)29(23)25(30)20-8-9-20/h10,13-14,17-20,22H,6-9,11-12,15-16H2,1-5H3/t18-,19?/m0/s1. The fraction of sp³-hybridized carbons (Fsp3) is 0.692. The molecular weight excluding hydrogens is 402 g/mol. The zero-order valence-electron chi connectivity index (χ0n) is 20.3. The van der Waals surface area contributed by atoms with Crippen molar-refractivity contribution in [3.63, 3.8) is 0 Å². The summed E-state index contributed by atoms with van der Waals surface area (Å²) in [6, 6.07) is 7.03. The lowest BCUT2D eigenvalue weighted by molar-refractivity contribution is -0.120. The molecular formula is C26H39N3O3. The highest BCUT2D eigenvalue weighted by Crippen LogP contribution is 2.42. The molecule has 6 heteroatoms. The molecule has 2 amide bonds. The summed E-state index contributed by atoms with van der Waals surface area (Å²) in [5.74, 6) is 0.733. The van der Waals surface area contributed by atoms with Crippen LogP contribution in [0.3, 0.4) is 0 Å². The van der Waals surface area contributed by atoms with Crippen molar-refractivity contribution in [1.82, 2.24) is 4.90 Å².